The second-order valence-corrected chi connectivity index (χ2v) is 5.25. The summed E-state index contributed by atoms with van der Waals surface area (Å²) in [6.45, 7) is 1.80. The van der Waals surface area contributed by atoms with Crippen molar-refractivity contribution in [3.8, 4) is 17.2 Å². The standard InChI is InChI=1S/C15H17NO4/c1-20-15-12(17)7-9(8-13(15)18)6-11-14(19)10-2-4-16(11)5-3-10/h6-8,10,17-18H,2-5H2,1H3/b11-6+. The van der Waals surface area contributed by atoms with Crippen LogP contribution in [0, 0.1) is 5.92 Å². The Bertz CT molecular complexity index is 563. The molecule has 3 heterocycles. The number of aromatic hydroxyl groups is 2. The van der Waals surface area contributed by atoms with E-state index in [9.17, 15) is 15.0 Å². The molecule has 0 aliphatic carbocycles. The summed E-state index contributed by atoms with van der Waals surface area (Å²) in [6.07, 6.45) is 3.58. The van der Waals surface area contributed by atoms with Crippen molar-refractivity contribution in [1.29, 1.82) is 0 Å². The summed E-state index contributed by atoms with van der Waals surface area (Å²) in [6, 6.07) is 2.98. The van der Waals surface area contributed by atoms with Gasteiger partial charge in [-0.15, -0.1) is 0 Å². The van der Waals surface area contributed by atoms with E-state index in [4.69, 9.17) is 4.74 Å². The van der Waals surface area contributed by atoms with Gasteiger partial charge in [0.05, 0.1) is 12.8 Å². The van der Waals surface area contributed by atoms with E-state index < -0.39 is 0 Å². The van der Waals surface area contributed by atoms with E-state index >= 15 is 0 Å². The van der Waals surface area contributed by atoms with Crippen LogP contribution in [0.25, 0.3) is 6.08 Å². The Labute approximate surface area is 117 Å². The predicted octanol–water partition coefficient (Wildman–Crippen LogP) is 1.74. The molecular formula is C15H17NO4. The molecule has 0 atom stereocenters. The SMILES string of the molecule is COc1c(O)cc(/C=C2\C(=O)C3CCN2CC3)cc1O. The van der Waals surface area contributed by atoms with Crippen LogP contribution in [-0.2, 0) is 4.79 Å². The van der Waals surface area contributed by atoms with Crippen molar-refractivity contribution in [3.63, 3.8) is 0 Å². The number of benzene rings is 1. The number of phenolic OH excluding ortho intramolecular Hbond substituents is 2. The third kappa shape index (κ3) is 1.99. The van der Waals surface area contributed by atoms with Crippen LogP contribution in [0.3, 0.4) is 0 Å². The third-order valence-corrected chi connectivity index (χ3v) is 4.04. The topological polar surface area (TPSA) is 70.0 Å². The van der Waals surface area contributed by atoms with Crippen LogP contribution < -0.4 is 4.74 Å². The average molecular weight is 275 g/mol. The molecule has 2 N–H and O–H groups in total. The van der Waals surface area contributed by atoms with Crippen molar-refractivity contribution in [2.45, 2.75) is 12.8 Å². The van der Waals surface area contributed by atoms with Gasteiger partial charge >= 0.3 is 0 Å². The zero-order chi connectivity index (χ0) is 14.3. The van der Waals surface area contributed by atoms with E-state index in [1.807, 2.05) is 0 Å². The van der Waals surface area contributed by atoms with Crippen molar-refractivity contribution in [3.05, 3.63) is 23.4 Å². The maximum atomic E-state index is 12.2. The van der Waals surface area contributed by atoms with Gasteiger partial charge in [0.2, 0.25) is 5.75 Å². The van der Waals surface area contributed by atoms with Crippen LogP contribution in [0.5, 0.6) is 17.2 Å². The molecule has 3 fully saturated rings. The molecule has 0 amide bonds. The molecule has 0 spiro atoms. The van der Waals surface area contributed by atoms with Crippen LogP contribution >= 0.6 is 0 Å². The third-order valence-electron chi connectivity index (χ3n) is 4.04. The van der Waals surface area contributed by atoms with Crippen molar-refractivity contribution in [2.75, 3.05) is 20.2 Å². The summed E-state index contributed by atoms with van der Waals surface area (Å²) in [7, 11) is 1.38. The lowest BCUT2D eigenvalue weighted by Gasteiger charge is -2.41. The van der Waals surface area contributed by atoms with Gasteiger partial charge in [-0.05, 0) is 36.6 Å². The van der Waals surface area contributed by atoms with Crippen molar-refractivity contribution < 1.29 is 19.7 Å². The number of nitrogens with zero attached hydrogens (tertiary/aromatic N) is 1. The van der Waals surface area contributed by atoms with Gasteiger partial charge < -0.3 is 19.8 Å². The van der Waals surface area contributed by atoms with Crippen LogP contribution in [0.4, 0.5) is 0 Å². The maximum Gasteiger partial charge on any atom is 0.202 e. The molecule has 3 saturated heterocycles. The first-order valence-electron chi connectivity index (χ1n) is 6.71. The minimum atomic E-state index is -0.136. The highest BCUT2D eigenvalue weighted by molar-refractivity contribution is 6.02. The number of rotatable bonds is 2. The average Bonchev–Trinajstić information content (AvgIpc) is 2.43. The quantitative estimate of drug-likeness (QED) is 0.805. The van der Waals surface area contributed by atoms with Crippen LogP contribution in [-0.4, -0.2) is 41.1 Å². The molecule has 20 heavy (non-hydrogen) atoms. The zero-order valence-corrected chi connectivity index (χ0v) is 11.3. The van der Waals surface area contributed by atoms with Gasteiger partial charge in [-0.25, -0.2) is 0 Å². The highest BCUT2D eigenvalue weighted by atomic mass is 16.5. The molecule has 5 heteroatoms. The van der Waals surface area contributed by atoms with Crippen LogP contribution in [0.1, 0.15) is 18.4 Å². The molecule has 0 unspecified atom stereocenters. The Kier molecular flexibility index (Phi) is 3.04. The van der Waals surface area contributed by atoms with E-state index in [1.54, 1.807) is 6.08 Å². The second kappa shape index (κ2) is 4.74. The molecule has 1 aromatic rings. The van der Waals surface area contributed by atoms with Gasteiger partial charge in [-0.1, -0.05) is 0 Å². The number of Topliss-reactive ketones (excluding diaryl/α,β-unsaturated/α-hetero) is 1. The number of piperidine rings is 3. The number of allylic oxidation sites excluding steroid dienone is 1. The van der Waals surface area contributed by atoms with Crippen LogP contribution in [0.15, 0.2) is 17.8 Å². The lowest BCUT2D eigenvalue weighted by atomic mass is 9.84. The Morgan fingerprint density at radius 3 is 2.35 bits per heavy atom. The number of hydrogen-bond donors (Lipinski definition) is 2. The van der Waals surface area contributed by atoms with E-state index in [1.165, 1.54) is 19.2 Å². The number of methoxy groups -OCH3 is 1. The van der Waals surface area contributed by atoms with Gasteiger partial charge in [-0.2, -0.15) is 0 Å². The first-order valence-corrected chi connectivity index (χ1v) is 6.71. The highest BCUT2D eigenvalue weighted by Gasteiger charge is 2.36. The minimum Gasteiger partial charge on any atom is -0.504 e. The van der Waals surface area contributed by atoms with Gasteiger partial charge in [0.15, 0.2) is 17.3 Å². The van der Waals surface area contributed by atoms with E-state index in [-0.39, 0.29) is 28.9 Å². The fourth-order valence-electron chi connectivity index (χ4n) is 2.98. The molecule has 1 aromatic carbocycles. The van der Waals surface area contributed by atoms with Crippen molar-refractivity contribution in [1.82, 2.24) is 4.90 Å². The largest absolute Gasteiger partial charge is 0.504 e. The first-order chi connectivity index (χ1) is 9.60. The number of carbonyl (C=O) groups is 1. The summed E-state index contributed by atoms with van der Waals surface area (Å²) in [4.78, 5) is 14.3. The molecule has 5 nitrogen and oxygen atoms in total. The minimum absolute atomic E-state index is 0.0453. The predicted molar refractivity (Wildman–Crippen MR) is 73.6 cm³/mol. The smallest absolute Gasteiger partial charge is 0.202 e. The van der Waals surface area contributed by atoms with Crippen molar-refractivity contribution in [2.24, 2.45) is 5.92 Å². The van der Waals surface area contributed by atoms with E-state index in [0.29, 0.717) is 11.3 Å². The van der Waals surface area contributed by atoms with Gasteiger partial charge in [0.1, 0.15) is 0 Å². The number of ether oxygens (including phenoxy) is 1. The van der Waals surface area contributed by atoms with E-state index in [2.05, 4.69) is 4.90 Å². The second-order valence-electron chi connectivity index (χ2n) is 5.25. The zero-order valence-electron chi connectivity index (χ0n) is 11.3. The summed E-state index contributed by atoms with van der Waals surface area (Å²) >= 11 is 0. The summed E-state index contributed by atoms with van der Waals surface area (Å²) in [5, 5.41) is 19.6. The molecular weight excluding hydrogens is 258 g/mol. The lowest BCUT2D eigenvalue weighted by molar-refractivity contribution is -0.125. The molecule has 0 saturated carbocycles. The van der Waals surface area contributed by atoms with Gasteiger partial charge in [0, 0.05) is 19.0 Å². The number of fused-ring (bicyclic) bond motifs is 3. The molecule has 4 rings (SSSR count). The number of hydrogen-bond acceptors (Lipinski definition) is 5. The lowest BCUT2D eigenvalue weighted by Crippen LogP contribution is -2.45. The molecule has 3 aliphatic heterocycles. The fraction of sp³-hybridized carbons (Fsp3) is 0.400. The molecule has 3 aliphatic rings. The maximum absolute atomic E-state index is 12.2. The Morgan fingerprint density at radius 2 is 1.85 bits per heavy atom. The fourth-order valence-corrected chi connectivity index (χ4v) is 2.98. The molecule has 0 aromatic heterocycles. The van der Waals surface area contributed by atoms with Crippen molar-refractivity contribution >= 4 is 11.9 Å². The van der Waals surface area contributed by atoms with Gasteiger partial charge in [0.25, 0.3) is 0 Å². The number of phenols is 2. The van der Waals surface area contributed by atoms with E-state index in [0.717, 1.165) is 25.9 Å². The normalized spacial score (nSPS) is 20.8. The molecule has 2 bridgehead atoms. The summed E-state index contributed by atoms with van der Waals surface area (Å²) < 4.78 is 4.89. The molecule has 0 radical (unpaired) electrons. The molecule has 106 valence electrons. The monoisotopic (exact) mass is 275 g/mol. The Balaban J connectivity index is 1.98. The van der Waals surface area contributed by atoms with Gasteiger partial charge in [-0.3, -0.25) is 4.79 Å². The number of carbonyl (C=O) groups excluding carboxylic acids is 1. The summed E-state index contributed by atoms with van der Waals surface area (Å²) in [5.74, 6) is 0.0680. The first kappa shape index (κ1) is 12.8. The Morgan fingerprint density at radius 1 is 1.25 bits per heavy atom. The summed E-state index contributed by atoms with van der Waals surface area (Å²) in [5.41, 5.74) is 1.27. The van der Waals surface area contributed by atoms with Crippen LogP contribution in [0.2, 0.25) is 0 Å². The highest BCUT2D eigenvalue weighted by Crippen LogP contribution is 2.38. The Hall–Kier alpha value is -2.17. The number of ketones is 1.